The molecule has 3 rings (SSSR count). The number of carbonyl (C=O) groups is 1. The number of nitrogens with zero attached hydrogens (tertiary/aromatic N) is 3. The van der Waals surface area contributed by atoms with Crippen LogP contribution in [0, 0.1) is 6.92 Å². The zero-order valence-corrected chi connectivity index (χ0v) is 12.6. The van der Waals surface area contributed by atoms with Gasteiger partial charge in [0.1, 0.15) is 0 Å². The van der Waals surface area contributed by atoms with Crippen molar-refractivity contribution in [1.29, 1.82) is 0 Å². The fraction of sp³-hybridized carbons (Fsp3) is 0.118. The van der Waals surface area contributed by atoms with Gasteiger partial charge in [-0.2, -0.15) is 5.10 Å². The summed E-state index contributed by atoms with van der Waals surface area (Å²) >= 11 is 0. The van der Waals surface area contributed by atoms with Gasteiger partial charge in [-0.05, 0) is 25.1 Å². The number of hydrogen-bond acceptors (Lipinski definition) is 4. The van der Waals surface area contributed by atoms with Crippen LogP contribution in [0.2, 0.25) is 0 Å². The molecule has 0 atom stereocenters. The standard InChI is InChI=1S/C17H16N4O2/c1-12-15(9-19-21(12)14-5-3-2-4-6-14)17(23)20-16-10-18-8-7-13(16)11-22/h2-10,22H,11H2,1H3,(H,20,23). The van der Waals surface area contributed by atoms with Crippen LogP contribution in [0.3, 0.4) is 0 Å². The van der Waals surface area contributed by atoms with E-state index in [1.165, 1.54) is 12.4 Å². The lowest BCUT2D eigenvalue weighted by atomic mass is 10.2. The second kappa shape index (κ2) is 6.41. The Morgan fingerprint density at radius 1 is 1.22 bits per heavy atom. The summed E-state index contributed by atoms with van der Waals surface area (Å²) in [5.74, 6) is -0.285. The first-order valence-corrected chi connectivity index (χ1v) is 7.16. The molecule has 0 fully saturated rings. The van der Waals surface area contributed by atoms with Crippen molar-refractivity contribution in [2.24, 2.45) is 0 Å². The molecule has 0 saturated carbocycles. The quantitative estimate of drug-likeness (QED) is 0.775. The van der Waals surface area contributed by atoms with Crippen LogP contribution in [0.5, 0.6) is 0 Å². The Bertz CT molecular complexity index is 828. The molecule has 116 valence electrons. The molecule has 0 radical (unpaired) electrons. The van der Waals surface area contributed by atoms with Gasteiger partial charge in [0.2, 0.25) is 0 Å². The molecule has 23 heavy (non-hydrogen) atoms. The molecule has 6 heteroatoms. The number of nitrogens with one attached hydrogen (secondary N) is 1. The number of aromatic nitrogens is 3. The fourth-order valence-corrected chi connectivity index (χ4v) is 2.33. The van der Waals surface area contributed by atoms with Crippen LogP contribution in [0.1, 0.15) is 21.6 Å². The van der Waals surface area contributed by atoms with Gasteiger partial charge >= 0.3 is 0 Å². The average Bonchev–Trinajstić information content (AvgIpc) is 2.98. The lowest BCUT2D eigenvalue weighted by molar-refractivity contribution is 0.102. The molecular weight excluding hydrogens is 292 g/mol. The van der Waals surface area contributed by atoms with Gasteiger partial charge in [0.25, 0.3) is 5.91 Å². The predicted octanol–water partition coefficient (Wildman–Crippen LogP) is 2.32. The highest BCUT2D eigenvalue weighted by atomic mass is 16.3. The summed E-state index contributed by atoms with van der Waals surface area (Å²) in [6.07, 6.45) is 4.62. The van der Waals surface area contributed by atoms with Crippen LogP contribution in [0.25, 0.3) is 5.69 Å². The van der Waals surface area contributed by atoms with Crippen LogP contribution in [-0.4, -0.2) is 25.8 Å². The molecular formula is C17H16N4O2. The summed E-state index contributed by atoms with van der Waals surface area (Å²) in [5, 5.41) is 16.4. The minimum Gasteiger partial charge on any atom is -0.392 e. The van der Waals surface area contributed by atoms with Crippen molar-refractivity contribution in [2.75, 3.05) is 5.32 Å². The Kier molecular flexibility index (Phi) is 4.16. The van der Waals surface area contributed by atoms with Crippen LogP contribution >= 0.6 is 0 Å². The number of aliphatic hydroxyl groups is 1. The Labute approximate surface area is 133 Å². The van der Waals surface area contributed by atoms with Gasteiger partial charge in [0.15, 0.2) is 0 Å². The summed E-state index contributed by atoms with van der Waals surface area (Å²) < 4.78 is 1.71. The molecule has 1 amide bonds. The number of anilines is 1. The zero-order chi connectivity index (χ0) is 16.2. The first-order chi connectivity index (χ1) is 11.2. The molecule has 0 aliphatic heterocycles. The van der Waals surface area contributed by atoms with E-state index in [2.05, 4.69) is 15.4 Å². The predicted molar refractivity (Wildman–Crippen MR) is 86.4 cm³/mol. The minimum absolute atomic E-state index is 0.166. The molecule has 0 unspecified atom stereocenters. The lowest BCUT2D eigenvalue weighted by Gasteiger charge is -2.09. The largest absolute Gasteiger partial charge is 0.392 e. The van der Waals surface area contributed by atoms with Crippen molar-refractivity contribution in [2.45, 2.75) is 13.5 Å². The molecule has 0 bridgehead atoms. The molecule has 2 N–H and O–H groups in total. The topological polar surface area (TPSA) is 80.0 Å². The highest BCUT2D eigenvalue weighted by Crippen LogP contribution is 2.18. The van der Waals surface area contributed by atoms with Crippen LogP contribution in [0.4, 0.5) is 5.69 Å². The van der Waals surface area contributed by atoms with Crippen molar-refractivity contribution in [3.05, 3.63) is 71.8 Å². The Morgan fingerprint density at radius 2 is 2.00 bits per heavy atom. The van der Waals surface area contributed by atoms with Crippen molar-refractivity contribution in [3.63, 3.8) is 0 Å². The van der Waals surface area contributed by atoms with E-state index in [0.29, 0.717) is 16.8 Å². The SMILES string of the molecule is Cc1c(C(=O)Nc2cnccc2CO)cnn1-c1ccccc1. The first kappa shape index (κ1) is 14.9. The van der Waals surface area contributed by atoms with Crippen molar-refractivity contribution in [3.8, 4) is 5.69 Å². The number of para-hydroxylation sites is 1. The van der Waals surface area contributed by atoms with Crippen LogP contribution < -0.4 is 5.32 Å². The van der Waals surface area contributed by atoms with E-state index in [9.17, 15) is 9.90 Å². The second-order valence-electron chi connectivity index (χ2n) is 5.04. The van der Waals surface area contributed by atoms with E-state index in [-0.39, 0.29) is 12.5 Å². The maximum atomic E-state index is 12.5. The molecule has 2 aromatic heterocycles. The highest BCUT2D eigenvalue weighted by molar-refractivity contribution is 6.05. The Balaban J connectivity index is 1.88. The number of pyridine rings is 1. The van der Waals surface area contributed by atoms with Crippen molar-refractivity contribution in [1.82, 2.24) is 14.8 Å². The van der Waals surface area contributed by atoms with Crippen molar-refractivity contribution >= 4 is 11.6 Å². The summed E-state index contributed by atoms with van der Waals surface area (Å²) in [4.78, 5) is 16.4. The molecule has 2 heterocycles. The summed E-state index contributed by atoms with van der Waals surface area (Å²) in [7, 11) is 0. The number of carbonyl (C=O) groups excluding carboxylic acids is 1. The molecule has 0 aliphatic carbocycles. The number of hydrogen-bond donors (Lipinski definition) is 2. The van der Waals surface area contributed by atoms with E-state index in [1.807, 2.05) is 37.3 Å². The number of amides is 1. The first-order valence-electron chi connectivity index (χ1n) is 7.16. The third-order valence-corrected chi connectivity index (χ3v) is 3.59. The van der Waals surface area contributed by atoms with E-state index >= 15 is 0 Å². The van der Waals surface area contributed by atoms with Gasteiger partial charge in [-0.3, -0.25) is 9.78 Å². The van der Waals surface area contributed by atoms with Crippen LogP contribution in [-0.2, 0) is 6.61 Å². The summed E-state index contributed by atoms with van der Waals surface area (Å²) in [6.45, 7) is 1.67. The van der Waals surface area contributed by atoms with Crippen LogP contribution in [0.15, 0.2) is 55.0 Å². The molecule has 1 aromatic carbocycles. The number of rotatable bonds is 4. The maximum absolute atomic E-state index is 12.5. The third-order valence-electron chi connectivity index (χ3n) is 3.59. The van der Waals surface area contributed by atoms with Gasteiger partial charge < -0.3 is 10.4 Å². The van der Waals surface area contributed by atoms with E-state index < -0.39 is 0 Å². The van der Waals surface area contributed by atoms with Gasteiger partial charge in [0.05, 0.1) is 41.6 Å². The normalized spacial score (nSPS) is 10.5. The smallest absolute Gasteiger partial charge is 0.259 e. The maximum Gasteiger partial charge on any atom is 0.259 e. The summed E-state index contributed by atoms with van der Waals surface area (Å²) in [6, 6.07) is 11.3. The Morgan fingerprint density at radius 3 is 2.74 bits per heavy atom. The average molecular weight is 308 g/mol. The molecule has 0 spiro atoms. The monoisotopic (exact) mass is 308 g/mol. The third kappa shape index (κ3) is 2.97. The van der Waals surface area contributed by atoms with Gasteiger partial charge in [-0.1, -0.05) is 18.2 Å². The number of aliphatic hydroxyl groups excluding tert-OH is 1. The summed E-state index contributed by atoms with van der Waals surface area (Å²) in [5.41, 5.74) is 3.21. The minimum atomic E-state index is -0.285. The lowest BCUT2D eigenvalue weighted by Crippen LogP contribution is -2.14. The van der Waals surface area contributed by atoms with Gasteiger partial charge in [-0.15, -0.1) is 0 Å². The molecule has 0 aliphatic rings. The van der Waals surface area contributed by atoms with Crippen molar-refractivity contribution < 1.29 is 9.90 Å². The molecule has 0 saturated heterocycles. The van der Waals surface area contributed by atoms with Gasteiger partial charge in [0, 0.05) is 11.8 Å². The van der Waals surface area contributed by atoms with E-state index in [4.69, 9.17) is 0 Å². The highest BCUT2D eigenvalue weighted by Gasteiger charge is 2.16. The zero-order valence-electron chi connectivity index (χ0n) is 12.6. The molecule has 6 nitrogen and oxygen atoms in total. The van der Waals surface area contributed by atoms with E-state index in [1.54, 1.807) is 16.9 Å². The van der Waals surface area contributed by atoms with Gasteiger partial charge in [-0.25, -0.2) is 4.68 Å². The molecule has 3 aromatic rings. The Hall–Kier alpha value is -2.99. The second-order valence-corrected chi connectivity index (χ2v) is 5.04. The fourth-order valence-electron chi connectivity index (χ4n) is 2.33. The van der Waals surface area contributed by atoms with E-state index in [0.717, 1.165) is 11.4 Å². The number of benzene rings is 1.